The summed E-state index contributed by atoms with van der Waals surface area (Å²) >= 11 is 3.74. The highest BCUT2D eigenvalue weighted by molar-refractivity contribution is 9.09. The molecule has 3 saturated heterocycles. The molecule has 1 spiro atoms. The molecule has 0 aromatic heterocycles. The molecule has 1 aromatic carbocycles. The molecule has 8 nitrogen and oxygen atoms in total. The Bertz CT molecular complexity index is 1100. The van der Waals surface area contributed by atoms with Gasteiger partial charge in [-0.05, 0) is 25.3 Å². The molecule has 3 heterocycles. The molecule has 3 aliphatic heterocycles. The Balaban J connectivity index is 1.72. The summed E-state index contributed by atoms with van der Waals surface area (Å²) in [7, 11) is 0. The first-order chi connectivity index (χ1) is 19.2. The van der Waals surface area contributed by atoms with Crippen LogP contribution < -0.4 is 0 Å². The third kappa shape index (κ3) is 5.40. The molecule has 7 atom stereocenters. The largest absolute Gasteiger partial charge is 0.394 e. The summed E-state index contributed by atoms with van der Waals surface area (Å²) in [6, 6.07) is 8.16. The van der Waals surface area contributed by atoms with Gasteiger partial charge >= 0.3 is 0 Å². The average molecular weight is 617 g/mol. The van der Waals surface area contributed by atoms with Gasteiger partial charge in [0.05, 0.1) is 30.6 Å². The molecule has 0 radical (unpaired) electrons. The molecule has 9 heteroatoms. The molecular weight excluding hydrogens is 574 g/mol. The van der Waals surface area contributed by atoms with E-state index in [9.17, 15) is 19.5 Å². The van der Waals surface area contributed by atoms with Gasteiger partial charge in [0.2, 0.25) is 17.7 Å². The van der Waals surface area contributed by atoms with Gasteiger partial charge in [0, 0.05) is 31.0 Å². The summed E-state index contributed by atoms with van der Waals surface area (Å²) in [5.74, 6) is -2.27. The number of hydrogen-bond donors (Lipinski definition) is 1. The van der Waals surface area contributed by atoms with Crippen LogP contribution in [0, 0.1) is 11.8 Å². The van der Waals surface area contributed by atoms with Gasteiger partial charge in [-0.1, -0.05) is 78.2 Å². The minimum absolute atomic E-state index is 0.186. The summed E-state index contributed by atoms with van der Waals surface area (Å²) in [6.45, 7) is 12.8. The highest BCUT2D eigenvalue weighted by Gasteiger charge is 2.77. The van der Waals surface area contributed by atoms with E-state index in [-0.39, 0.29) is 29.2 Å². The fraction of sp³-hybridized carbons (Fsp3) is 0.581. The number of likely N-dealkylation sites (tertiary alicyclic amines) is 1. The first-order valence-electron chi connectivity index (χ1n) is 14.3. The van der Waals surface area contributed by atoms with Gasteiger partial charge in [-0.25, -0.2) is 0 Å². The molecule has 3 fully saturated rings. The van der Waals surface area contributed by atoms with E-state index in [4.69, 9.17) is 4.74 Å². The zero-order valence-electron chi connectivity index (χ0n) is 23.6. The quantitative estimate of drug-likeness (QED) is 0.196. The summed E-state index contributed by atoms with van der Waals surface area (Å²) in [4.78, 5) is 47.5. The maximum Gasteiger partial charge on any atom is 0.248 e. The van der Waals surface area contributed by atoms with Crippen molar-refractivity contribution < 1.29 is 24.2 Å². The lowest BCUT2D eigenvalue weighted by Gasteiger charge is -2.38. The zero-order valence-corrected chi connectivity index (χ0v) is 25.2. The van der Waals surface area contributed by atoms with E-state index in [1.807, 2.05) is 30.3 Å². The van der Waals surface area contributed by atoms with E-state index >= 15 is 0 Å². The lowest BCUT2D eigenvalue weighted by atomic mass is 9.70. The number of benzene rings is 1. The van der Waals surface area contributed by atoms with Crippen molar-refractivity contribution in [1.29, 1.82) is 0 Å². The third-order valence-electron chi connectivity index (χ3n) is 8.56. The number of halogens is 1. The lowest BCUT2D eigenvalue weighted by Crippen LogP contribution is -2.58. The molecule has 2 bridgehead atoms. The van der Waals surface area contributed by atoms with Crippen molar-refractivity contribution >= 4 is 33.7 Å². The number of carbonyl (C=O) groups is 3. The number of hydrogen-bond acceptors (Lipinski definition) is 5. The Labute approximate surface area is 246 Å². The normalized spacial score (nSPS) is 29.2. The molecule has 3 amide bonds. The SMILES string of the molecule is C=CCN(CCCCC)C(=O)C1N([C@H](C)CO)C(=O)[C@@H]2[C@H](C(=O)N(CC=C)Cc3ccccc3)[C@H]3OC12CC3Br. The van der Waals surface area contributed by atoms with Crippen LogP contribution in [0.5, 0.6) is 0 Å². The third-order valence-corrected chi connectivity index (χ3v) is 9.40. The standard InChI is InChI=1S/C31H42BrN3O5/c1-5-8-12-17-33(15-6-2)30(39)27-31-18-23(32)26(40-31)24(25(31)29(38)35(27)21(4)20-36)28(37)34(16-7-3)19-22-13-10-9-11-14-22/h6-7,9-11,13-14,21,23-27,36H,2-3,5,8,12,15-20H2,1,4H3/t21-,23?,24+,25+,26+,27?,31?/m1/s1. The number of nitrogens with zero attached hydrogens (tertiary/aromatic N) is 3. The number of carbonyl (C=O) groups excluding carboxylic acids is 3. The van der Waals surface area contributed by atoms with Crippen LogP contribution in [0.3, 0.4) is 0 Å². The fourth-order valence-corrected chi connectivity index (χ4v) is 7.71. The van der Waals surface area contributed by atoms with Crippen LogP contribution in [0.4, 0.5) is 0 Å². The first-order valence-corrected chi connectivity index (χ1v) is 15.2. The van der Waals surface area contributed by atoms with Crippen molar-refractivity contribution in [2.75, 3.05) is 26.2 Å². The van der Waals surface area contributed by atoms with Gasteiger partial charge < -0.3 is 24.5 Å². The van der Waals surface area contributed by atoms with Crippen LogP contribution >= 0.6 is 15.9 Å². The Hall–Kier alpha value is -2.49. The molecule has 1 aromatic rings. The van der Waals surface area contributed by atoms with Crippen LogP contribution in [0.1, 0.15) is 45.1 Å². The van der Waals surface area contributed by atoms with E-state index in [0.29, 0.717) is 32.6 Å². The number of rotatable bonds is 14. The van der Waals surface area contributed by atoms with Crippen LogP contribution in [0.25, 0.3) is 0 Å². The Morgan fingerprint density at radius 3 is 2.48 bits per heavy atom. The Kier molecular flexibility index (Phi) is 9.90. The smallest absolute Gasteiger partial charge is 0.248 e. The molecule has 0 aliphatic carbocycles. The molecule has 0 saturated carbocycles. The predicted octanol–water partition coefficient (Wildman–Crippen LogP) is 3.53. The van der Waals surface area contributed by atoms with Crippen molar-refractivity contribution in [2.24, 2.45) is 11.8 Å². The zero-order chi connectivity index (χ0) is 29.0. The molecular formula is C31H42BrN3O5. The van der Waals surface area contributed by atoms with Crippen molar-refractivity contribution in [3.63, 3.8) is 0 Å². The molecule has 3 unspecified atom stereocenters. The van der Waals surface area contributed by atoms with Gasteiger partial charge in [-0.15, -0.1) is 13.2 Å². The minimum atomic E-state index is -1.16. The highest BCUT2D eigenvalue weighted by Crippen LogP contribution is 2.60. The molecule has 4 rings (SSSR count). The number of amides is 3. The maximum absolute atomic E-state index is 14.3. The van der Waals surface area contributed by atoms with Crippen molar-refractivity contribution in [2.45, 2.75) is 74.7 Å². The average Bonchev–Trinajstić information content (AvgIpc) is 3.55. The van der Waals surface area contributed by atoms with Gasteiger partial charge in [0.15, 0.2) is 0 Å². The monoisotopic (exact) mass is 615 g/mol. The topological polar surface area (TPSA) is 90.4 Å². The van der Waals surface area contributed by atoms with Crippen molar-refractivity contribution in [3.05, 3.63) is 61.2 Å². The molecule has 3 aliphatic rings. The molecule has 40 heavy (non-hydrogen) atoms. The molecule has 1 N–H and O–H groups in total. The van der Waals surface area contributed by atoms with E-state index in [0.717, 1.165) is 24.8 Å². The van der Waals surface area contributed by atoms with E-state index in [1.165, 1.54) is 4.90 Å². The van der Waals surface area contributed by atoms with Gasteiger partial charge in [0.1, 0.15) is 11.6 Å². The molecule has 218 valence electrons. The number of aliphatic hydroxyl groups excluding tert-OH is 1. The van der Waals surface area contributed by atoms with Crippen LogP contribution in [0.15, 0.2) is 55.6 Å². The Morgan fingerprint density at radius 2 is 1.85 bits per heavy atom. The number of unbranched alkanes of at least 4 members (excludes halogenated alkanes) is 2. The highest BCUT2D eigenvalue weighted by atomic mass is 79.9. The van der Waals surface area contributed by atoms with Gasteiger partial charge in [-0.3, -0.25) is 14.4 Å². The summed E-state index contributed by atoms with van der Waals surface area (Å²) in [5, 5.41) is 10.1. The Morgan fingerprint density at radius 1 is 1.18 bits per heavy atom. The van der Waals surface area contributed by atoms with Crippen molar-refractivity contribution in [3.8, 4) is 0 Å². The summed E-state index contributed by atoms with van der Waals surface area (Å²) in [6.07, 6.45) is 6.10. The van der Waals surface area contributed by atoms with Gasteiger partial charge in [0.25, 0.3) is 0 Å². The number of aliphatic hydroxyl groups is 1. The number of alkyl halides is 1. The second kappa shape index (κ2) is 13.0. The number of ether oxygens (including phenoxy) is 1. The van der Waals surface area contributed by atoms with E-state index < -0.39 is 35.6 Å². The van der Waals surface area contributed by atoms with E-state index in [2.05, 4.69) is 36.0 Å². The first kappa shape index (κ1) is 30.5. The van der Waals surface area contributed by atoms with Crippen LogP contribution in [-0.4, -0.2) is 92.4 Å². The second-order valence-electron chi connectivity index (χ2n) is 11.2. The summed E-state index contributed by atoms with van der Waals surface area (Å²) < 4.78 is 6.65. The second-order valence-corrected chi connectivity index (χ2v) is 12.4. The van der Waals surface area contributed by atoms with Crippen LogP contribution in [-0.2, 0) is 25.7 Å². The van der Waals surface area contributed by atoms with Crippen LogP contribution in [0.2, 0.25) is 0 Å². The number of fused-ring (bicyclic) bond motifs is 1. The summed E-state index contributed by atoms with van der Waals surface area (Å²) in [5.41, 5.74) is -0.187. The maximum atomic E-state index is 14.3. The minimum Gasteiger partial charge on any atom is -0.394 e. The van der Waals surface area contributed by atoms with Gasteiger partial charge in [-0.2, -0.15) is 0 Å². The lowest BCUT2D eigenvalue weighted by molar-refractivity contribution is -0.151. The fourth-order valence-electron chi connectivity index (χ4n) is 6.77. The van der Waals surface area contributed by atoms with E-state index in [1.54, 1.807) is 28.9 Å². The predicted molar refractivity (Wildman–Crippen MR) is 157 cm³/mol. The van der Waals surface area contributed by atoms with Crippen molar-refractivity contribution in [1.82, 2.24) is 14.7 Å².